The molecule has 0 saturated carbocycles. The van der Waals surface area contributed by atoms with Crippen LogP contribution in [-0.2, 0) is 32.5 Å². The van der Waals surface area contributed by atoms with Crippen LogP contribution in [0.3, 0.4) is 0 Å². The molecule has 101 valence electrons. The Labute approximate surface area is 112 Å². The van der Waals surface area contributed by atoms with Crippen LogP contribution in [0.2, 0.25) is 0 Å². The fourth-order valence-corrected chi connectivity index (χ4v) is 2.22. The first-order valence-corrected chi connectivity index (χ1v) is 6.69. The summed E-state index contributed by atoms with van der Waals surface area (Å²) >= 11 is 0. The standard InChI is InChI=1S/C8H18N2O4S.Au/c11-7-5-9-1-3-10(4-2-9)6-8-15(12,13)14;/h11H,1-8H2,(H,12,13,14);. The fraction of sp³-hybridized carbons (Fsp3) is 1.00. The first-order valence-electron chi connectivity index (χ1n) is 5.11. The van der Waals surface area contributed by atoms with Gasteiger partial charge in [-0.3, -0.25) is 4.90 Å². The average molecular weight is 435 g/mol. The van der Waals surface area contributed by atoms with E-state index >= 15 is 0 Å². The average Bonchev–Trinajstić information content (AvgIpc) is 2.16. The zero-order chi connectivity index (χ0) is 11.3. The Hall–Kier alpha value is 0.530. The molecule has 0 spiro atoms. The van der Waals surface area contributed by atoms with Gasteiger partial charge in [-0.15, -0.1) is 0 Å². The molecule has 1 aliphatic rings. The van der Waals surface area contributed by atoms with E-state index in [1.165, 1.54) is 4.90 Å². The van der Waals surface area contributed by atoms with E-state index in [2.05, 4.69) is 0 Å². The molecule has 2 N–H and O–H groups in total. The smallest absolute Gasteiger partial charge is 0.101 e. The molecule has 0 aromatic rings. The zero-order valence-electron chi connectivity index (χ0n) is 8.99. The maximum absolute atomic E-state index is 10.4. The Kier molecular flexibility index (Phi) is 8.04. The summed E-state index contributed by atoms with van der Waals surface area (Å²) < 4.78 is 31.3. The van der Waals surface area contributed by atoms with E-state index in [0.29, 0.717) is 6.54 Å². The van der Waals surface area contributed by atoms with Gasteiger partial charge in [0.1, 0.15) is 6.54 Å². The van der Waals surface area contributed by atoms with Crippen molar-refractivity contribution in [3.63, 3.8) is 0 Å². The van der Waals surface area contributed by atoms with Crippen molar-refractivity contribution in [2.75, 3.05) is 51.6 Å². The van der Waals surface area contributed by atoms with Gasteiger partial charge in [0.2, 0.25) is 0 Å². The number of aliphatic hydroxyl groups excluding tert-OH is 1. The minimum absolute atomic E-state index is 0. The van der Waals surface area contributed by atoms with Gasteiger partial charge in [0.25, 0.3) is 0 Å². The molecule has 1 saturated heterocycles. The van der Waals surface area contributed by atoms with E-state index in [-0.39, 0.29) is 34.7 Å². The number of hydrogen-bond donors (Lipinski definition) is 2. The number of nitrogens with one attached hydrogen (secondary N) is 1. The van der Waals surface area contributed by atoms with Gasteiger partial charge in [0.05, 0.1) is 35.6 Å². The summed E-state index contributed by atoms with van der Waals surface area (Å²) in [6.45, 7) is 4.66. The molecule has 1 radical (unpaired) electrons. The summed E-state index contributed by atoms with van der Waals surface area (Å²) in [7, 11) is -4.09. The van der Waals surface area contributed by atoms with Crippen LogP contribution in [0.25, 0.3) is 0 Å². The molecule has 0 amide bonds. The van der Waals surface area contributed by atoms with E-state index < -0.39 is 10.1 Å². The normalized spacial score (nSPS) is 19.4. The molecule has 6 nitrogen and oxygen atoms in total. The van der Waals surface area contributed by atoms with Crippen molar-refractivity contribution >= 4 is 10.1 Å². The van der Waals surface area contributed by atoms with Crippen LogP contribution in [0.5, 0.6) is 0 Å². The summed E-state index contributed by atoms with van der Waals surface area (Å²) in [5.41, 5.74) is 0. The second-order valence-corrected chi connectivity index (χ2v) is 5.35. The van der Waals surface area contributed by atoms with Crippen LogP contribution < -0.4 is 4.90 Å². The molecule has 1 aliphatic heterocycles. The molecular formula is C8H18AuN2O4S. The largest absolute Gasteiger partial charge is 0.748 e. The van der Waals surface area contributed by atoms with Crippen molar-refractivity contribution in [3.8, 4) is 0 Å². The van der Waals surface area contributed by atoms with Gasteiger partial charge in [0, 0.05) is 42.0 Å². The second-order valence-electron chi connectivity index (χ2n) is 3.83. The summed E-state index contributed by atoms with van der Waals surface area (Å²) in [6.07, 6.45) is 0. The molecule has 1 rings (SSSR count). The molecule has 1 fully saturated rings. The van der Waals surface area contributed by atoms with Crippen LogP contribution in [0.4, 0.5) is 0 Å². The van der Waals surface area contributed by atoms with Gasteiger partial charge in [-0.1, -0.05) is 0 Å². The third-order valence-corrected chi connectivity index (χ3v) is 3.37. The van der Waals surface area contributed by atoms with Gasteiger partial charge in [-0.05, 0) is 0 Å². The van der Waals surface area contributed by atoms with Crippen LogP contribution >= 0.6 is 0 Å². The van der Waals surface area contributed by atoms with Crippen molar-refractivity contribution in [2.24, 2.45) is 0 Å². The maximum Gasteiger partial charge on any atom is 0.101 e. The molecule has 0 atom stereocenters. The van der Waals surface area contributed by atoms with Gasteiger partial charge in [-0.25, -0.2) is 8.42 Å². The van der Waals surface area contributed by atoms with Gasteiger partial charge < -0.3 is 14.6 Å². The van der Waals surface area contributed by atoms with Crippen LogP contribution in [-0.4, -0.2) is 74.6 Å². The van der Waals surface area contributed by atoms with Gasteiger partial charge in [0.15, 0.2) is 0 Å². The predicted molar refractivity (Wildman–Crippen MR) is 53.7 cm³/mol. The monoisotopic (exact) mass is 435 g/mol. The minimum Gasteiger partial charge on any atom is -0.748 e. The Morgan fingerprint density at radius 2 is 1.88 bits per heavy atom. The quantitative estimate of drug-likeness (QED) is 0.350. The van der Waals surface area contributed by atoms with Crippen molar-refractivity contribution in [1.29, 1.82) is 0 Å². The molecule has 8 heteroatoms. The van der Waals surface area contributed by atoms with Crippen molar-refractivity contribution < 1.29 is 45.4 Å². The first kappa shape index (κ1) is 16.5. The Morgan fingerprint density at radius 3 is 2.31 bits per heavy atom. The van der Waals surface area contributed by atoms with Crippen LogP contribution in [0.1, 0.15) is 0 Å². The maximum atomic E-state index is 10.4. The Bertz CT molecular complexity index is 278. The number of nitrogens with zero attached hydrogens (tertiary/aromatic N) is 1. The molecular weight excluding hydrogens is 417 g/mol. The zero-order valence-corrected chi connectivity index (χ0v) is 12.0. The number of aliphatic hydroxyl groups is 1. The van der Waals surface area contributed by atoms with E-state index in [4.69, 9.17) is 5.11 Å². The summed E-state index contributed by atoms with van der Waals surface area (Å²) in [4.78, 5) is 3.31. The third-order valence-electron chi connectivity index (χ3n) is 2.69. The van der Waals surface area contributed by atoms with Crippen LogP contribution in [0.15, 0.2) is 0 Å². The van der Waals surface area contributed by atoms with Crippen molar-refractivity contribution in [2.45, 2.75) is 0 Å². The van der Waals surface area contributed by atoms with E-state index in [1.54, 1.807) is 0 Å². The minimum atomic E-state index is -4.09. The SMILES string of the molecule is O=S(=O)([O-])CCN1CC[NH+](CCO)CC1.[Au]. The van der Waals surface area contributed by atoms with E-state index in [9.17, 15) is 13.0 Å². The van der Waals surface area contributed by atoms with E-state index in [1.807, 2.05) is 4.90 Å². The summed E-state index contributed by atoms with van der Waals surface area (Å²) in [5.74, 6) is -0.303. The summed E-state index contributed by atoms with van der Waals surface area (Å²) in [6, 6.07) is 0. The third kappa shape index (κ3) is 6.97. The van der Waals surface area contributed by atoms with Gasteiger partial charge >= 0.3 is 0 Å². The fourth-order valence-electron chi connectivity index (χ4n) is 1.74. The first-order chi connectivity index (χ1) is 7.01. The number of hydrogen-bond acceptors (Lipinski definition) is 5. The molecule has 0 aliphatic carbocycles. The second kappa shape index (κ2) is 7.78. The number of rotatable bonds is 5. The molecule has 0 bridgehead atoms. The Morgan fingerprint density at radius 1 is 1.31 bits per heavy atom. The number of piperazine rings is 1. The van der Waals surface area contributed by atoms with Crippen molar-refractivity contribution in [1.82, 2.24) is 4.90 Å². The van der Waals surface area contributed by atoms with Crippen molar-refractivity contribution in [3.05, 3.63) is 0 Å². The van der Waals surface area contributed by atoms with Crippen LogP contribution in [0, 0.1) is 0 Å². The van der Waals surface area contributed by atoms with E-state index in [0.717, 1.165) is 32.7 Å². The molecule has 16 heavy (non-hydrogen) atoms. The predicted octanol–water partition coefficient (Wildman–Crippen LogP) is -3.28. The summed E-state index contributed by atoms with van der Waals surface area (Å²) in [5, 5.41) is 8.74. The number of quaternary nitrogens is 1. The Balaban J connectivity index is 0.00000225. The topological polar surface area (TPSA) is 85.1 Å². The van der Waals surface area contributed by atoms with Gasteiger partial charge in [-0.2, -0.15) is 0 Å². The molecule has 1 heterocycles. The molecule has 0 aromatic heterocycles. The molecule has 0 aromatic carbocycles. The molecule has 0 unspecified atom stereocenters.